The molecule has 6 nitrogen and oxygen atoms in total. The molecule has 0 unspecified atom stereocenters. The Kier molecular flexibility index (Phi) is 11.9. The van der Waals surface area contributed by atoms with Gasteiger partial charge in [0.15, 0.2) is 5.75 Å². The van der Waals surface area contributed by atoms with Crippen molar-refractivity contribution in [2.45, 2.75) is 33.9 Å². The third kappa shape index (κ3) is 9.08. The zero-order valence-electron chi connectivity index (χ0n) is 25.1. The fourth-order valence-corrected chi connectivity index (χ4v) is 5.32. The number of hydrogen-bond acceptors (Lipinski definition) is 5. The van der Waals surface area contributed by atoms with Crippen molar-refractivity contribution >= 4 is 51.7 Å². The monoisotopic (exact) mass is 695 g/mol. The Balaban J connectivity index is 0.00000442. The van der Waals surface area contributed by atoms with Gasteiger partial charge in [-0.05, 0) is 78.9 Å². The zero-order valence-corrected chi connectivity index (χ0v) is 28.3. The van der Waals surface area contributed by atoms with Crippen molar-refractivity contribution in [3.8, 4) is 17.4 Å². The molecule has 0 radical (unpaired) electrons. The van der Waals surface area contributed by atoms with E-state index in [1.807, 2.05) is 73.3 Å². The molecule has 230 valence electrons. The van der Waals surface area contributed by atoms with Gasteiger partial charge in [0.2, 0.25) is 11.8 Å². The average molecular weight is 698 g/mol. The number of aryl methyl sites for hydroxylation is 2. The summed E-state index contributed by atoms with van der Waals surface area (Å²) in [7, 11) is 0. The summed E-state index contributed by atoms with van der Waals surface area (Å²) in [5.74, 6) is 1.60. The lowest BCUT2D eigenvalue weighted by atomic mass is 10.0. The van der Waals surface area contributed by atoms with Crippen LogP contribution in [0.5, 0.6) is 17.4 Å². The number of rotatable bonds is 9. The lowest BCUT2D eigenvalue weighted by Crippen LogP contribution is -2.47. The van der Waals surface area contributed by atoms with Crippen LogP contribution in [0, 0.1) is 13.8 Å². The first-order valence-corrected chi connectivity index (χ1v) is 15.1. The highest BCUT2D eigenvalue weighted by molar-refractivity contribution is 8.93. The molecule has 5 rings (SSSR count). The predicted octanol–water partition coefficient (Wildman–Crippen LogP) is 8.70. The van der Waals surface area contributed by atoms with Crippen LogP contribution in [0.15, 0.2) is 85.1 Å². The topological polar surface area (TPSA) is 54.9 Å². The van der Waals surface area contributed by atoms with Gasteiger partial charge in [0.05, 0.1) is 11.2 Å². The van der Waals surface area contributed by atoms with Gasteiger partial charge in [-0.25, -0.2) is 4.98 Å². The Bertz CT molecular complexity index is 1560. The average Bonchev–Trinajstić information content (AvgIpc) is 3.00. The third-order valence-electron chi connectivity index (χ3n) is 7.47. The molecule has 1 saturated heterocycles. The van der Waals surface area contributed by atoms with Crippen LogP contribution in [-0.4, -0.2) is 46.9 Å². The van der Waals surface area contributed by atoms with Crippen molar-refractivity contribution in [3.05, 3.63) is 123 Å². The van der Waals surface area contributed by atoms with Crippen LogP contribution in [0.2, 0.25) is 10.0 Å². The maximum absolute atomic E-state index is 13.1. The first kappa shape index (κ1) is 33.5. The van der Waals surface area contributed by atoms with E-state index in [0.717, 1.165) is 46.9 Å². The molecule has 1 aromatic heterocycles. The Morgan fingerprint density at radius 2 is 1.59 bits per heavy atom. The minimum Gasteiger partial charge on any atom is -0.487 e. The molecule has 0 saturated carbocycles. The summed E-state index contributed by atoms with van der Waals surface area (Å²) in [6, 6.07) is 23.5. The van der Waals surface area contributed by atoms with Gasteiger partial charge in [-0.15, -0.1) is 17.0 Å². The highest BCUT2D eigenvalue weighted by atomic mass is 79.9. The number of piperazine rings is 1. The number of nitrogens with zero attached hydrogens (tertiary/aromatic N) is 3. The third-order valence-corrected chi connectivity index (χ3v) is 8.00. The Hall–Kier alpha value is -3.36. The maximum atomic E-state index is 13.1. The maximum Gasteiger partial charge on any atom is 0.246 e. The van der Waals surface area contributed by atoms with Gasteiger partial charge in [-0.1, -0.05) is 65.2 Å². The Morgan fingerprint density at radius 1 is 0.909 bits per heavy atom. The van der Waals surface area contributed by atoms with Crippen molar-refractivity contribution in [1.82, 2.24) is 14.8 Å². The molecule has 0 N–H and O–H groups in total. The number of benzene rings is 3. The van der Waals surface area contributed by atoms with Crippen LogP contribution in [0.4, 0.5) is 0 Å². The molecule has 4 aromatic rings. The van der Waals surface area contributed by atoms with Crippen molar-refractivity contribution < 1.29 is 14.3 Å². The van der Waals surface area contributed by atoms with Crippen LogP contribution in [0.1, 0.15) is 34.7 Å². The highest BCUT2D eigenvalue weighted by Gasteiger charge is 2.20. The summed E-state index contributed by atoms with van der Waals surface area (Å²) in [6.07, 6.45) is 3.33. The second-order valence-corrected chi connectivity index (χ2v) is 11.7. The summed E-state index contributed by atoms with van der Waals surface area (Å²) in [6.45, 7) is 10.2. The summed E-state index contributed by atoms with van der Waals surface area (Å²) in [5.41, 5.74) is 6.09. The lowest BCUT2D eigenvalue weighted by Gasteiger charge is -2.34. The van der Waals surface area contributed by atoms with E-state index in [1.54, 1.807) is 18.3 Å². The zero-order chi connectivity index (χ0) is 30.3. The normalized spacial score (nSPS) is 13.8. The van der Waals surface area contributed by atoms with Crippen LogP contribution in [-0.2, 0) is 17.9 Å². The SMILES string of the molecule is Br.CC(=CC(=O)N1CCN(Cc2ccc(Cl)cc2)CC1)c1cc(C)c(Oc2ccc(OCc3ccc(C)cc3)cn2)c(Cl)c1. The van der Waals surface area contributed by atoms with E-state index >= 15 is 0 Å². The molecular formula is C35H36BrCl2N3O3. The van der Waals surface area contributed by atoms with Crippen LogP contribution in [0.25, 0.3) is 5.57 Å². The minimum atomic E-state index is 0. The number of hydrogen-bond donors (Lipinski definition) is 0. The van der Waals surface area contributed by atoms with Crippen molar-refractivity contribution in [3.63, 3.8) is 0 Å². The first-order valence-electron chi connectivity index (χ1n) is 14.3. The van der Waals surface area contributed by atoms with Crippen molar-refractivity contribution in [2.75, 3.05) is 26.2 Å². The van der Waals surface area contributed by atoms with Gasteiger partial charge in [0.1, 0.15) is 12.4 Å². The minimum absolute atomic E-state index is 0. The molecule has 1 aliphatic rings. The van der Waals surface area contributed by atoms with Crippen LogP contribution >= 0.6 is 40.2 Å². The van der Waals surface area contributed by atoms with Gasteiger partial charge in [-0.2, -0.15) is 0 Å². The number of pyridine rings is 1. The molecule has 1 aliphatic heterocycles. The number of halogens is 3. The van der Waals surface area contributed by atoms with Crippen LogP contribution in [0.3, 0.4) is 0 Å². The molecule has 9 heteroatoms. The van der Waals surface area contributed by atoms with E-state index in [1.165, 1.54) is 11.1 Å². The summed E-state index contributed by atoms with van der Waals surface area (Å²) >= 11 is 12.7. The largest absolute Gasteiger partial charge is 0.487 e. The summed E-state index contributed by atoms with van der Waals surface area (Å²) in [4.78, 5) is 21.7. The lowest BCUT2D eigenvalue weighted by molar-refractivity contribution is -0.127. The number of ether oxygens (including phenoxy) is 2. The number of carbonyl (C=O) groups is 1. The van der Waals surface area contributed by atoms with E-state index < -0.39 is 0 Å². The number of carbonyl (C=O) groups excluding carboxylic acids is 1. The quantitative estimate of drug-likeness (QED) is 0.164. The van der Waals surface area contributed by atoms with Crippen LogP contribution < -0.4 is 9.47 Å². The molecule has 0 bridgehead atoms. The van der Waals surface area contributed by atoms with E-state index in [9.17, 15) is 4.79 Å². The summed E-state index contributed by atoms with van der Waals surface area (Å²) in [5, 5.41) is 1.19. The Labute approximate surface area is 280 Å². The standard InChI is InChI=1S/C35H35Cl2N3O3.BrH/c1-24-4-6-28(7-5-24)23-42-31-12-13-33(38-21-31)43-35-26(3)18-29(20-32(35)37)25(2)19-34(41)40-16-14-39(15-17-40)22-27-8-10-30(36)11-9-27;/h4-13,18-21H,14-17,22-23H2,1-3H3;1H. The number of allylic oxidation sites excluding steroid dienone is 1. The second-order valence-electron chi connectivity index (χ2n) is 10.9. The highest BCUT2D eigenvalue weighted by Crippen LogP contribution is 2.35. The van der Waals surface area contributed by atoms with Gasteiger partial charge < -0.3 is 14.4 Å². The molecule has 0 spiro atoms. The molecule has 1 amide bonds. The van der Waals surface area contributed by atoms with E-state index in [0.29, 0.717) is 42.1 Å². The van der Waals surface area contributed by atoms with E-state index in [4.69, 9.17) is 32.7 Å². The Morgan fingerprint density at radius 3 is 2.23 bits per heavy atom. The van der Waals surface area contributed by atoms with Crippen molar-refractivity contribution in [1.29, 1.82) is 0 Å². The van der Waals surface area contributed by atoms with E-state index in [-0.39, 0.29) is 22.9 Å². The van der Waals surface area contributed by atoms with Gasteiger partial charge in [0, 0.05) is 49.9 Å². The molecule has 0 atom stereocenters. The fourth-order valence-electron chi connectivity index (χ4n) is 4.89. The van der Waals surface area contributed by atoms with Crippen molar-refractivity contribution in [2.24, 2.45) is 0 Å². The summed E-state index contributed by atoms with van der Waals surface area (Å²) < 4.78 is 11.9. The molecule has 0 aliphatic carbocycles. The molecule has 44 heavy (non-hydrogen) atoms. The molecule has 1 fully saturated rings. The predicted molar refractivity (Wildman–Crippen MR) is 183 cm³/mol. The molecular weight excluding hydrogens is 661 g/mol. The van der Waals surface area contributed by atoms with Gasteiger partial charge in [0.25, 0.3) is 0 Å². The van der Waals surface area contributed by atoms with E-state index in [2.05, 4.69) is 28.9 Å². The smallest absolute Gasteiger partial charge is 0.246 e. The van der Waals surface area contributed by atoms with Gasteiger partial charge in [-0.3, -0.25) is 9.69 Å². The second kappa shape index (κ2) is 15.6. The number of aromatic nitrogens is 1. The van der Waals surface area contributed by atoms with Gasteiger partial charge >= 0.3 is 0 Å². The molecule has 3 aromatic carbocycles. The fraction of sp³-hybridized carbons (Fsp3) is 0.257. The first-order chi connectivity index (χ1) is 20.7. The molecule has 2 heterocycles. The number of amides is 1.